The number of benzene rings is 2. The number of piperidine rings is 1. The van der Waals surface area contributed by atoms with Gasteiger partial charge in [0.1, 0.15) is 0 Å². The van der Waals surface area contributed by atoms with E-state index in [4.69, 9.17) is 0 Å². The van der Waals surface area contributed by atoms with Gasteiger partial charge in [-0.1, -0.05) is 60.7 Å². The van der Waals surface area contributed by atoms with Crippen LogP contribution in [0.25, 0.3) is 0 Å². The zero-order valence-corrected chi connectivity index (χ0v) is 15.1. The lowest BCUT2D eigenvalue weighted by Gasteiger charge is -2.43. The Balaban J connectivity index is 1.77. The summed E-state index contributed by atoms with van der Waals surface area (Å²) in [6.45, 7) is 2.57. The molecule has 1 aliphatic heterocycles. The molecule has 25 heavy (non-hydrogen) atoms. The lowest BCUT2D eigenvalue weighted by Crippen LogP contribution is -2.45. The average molecular weight is 336 g/mol. The first-order valence-corrected chi connectivity index (χ1v) is 9.30. The monoisotopic (exact) mass is 336 g/mol. The Hall–Kier alpha value is -2.13. The lowest BCUT2D eigenvalue weighted by atomic mass is 9.68. The molecule has 0 spiro atoms. The highest BCUT2D eigenvalue weighted by molar-refractivity contribution is 5.76. The van der Waals surface area contributed by atoms with E-state index < -0.39 is 0 Å². The van der Waals surface area contributed by atoms with Gasteiger partial charge in [0.2, 0.25) is 5.91 Å². The number of carbonyl (C=O) groups excluding carboxylic acids is 1. The maximum absolute atomic E-state index is 12.5. The van der Waals surface area contributed by atoms with E-state index in [0.717, 1.165) is 38.9 Å². The highest BCUT2D eigenvalue weighted by atomic mass is 16.2. The predicted molar refractivity (Wildman–Crippen MR) is 103 cm³/mol. The van der Waals surface area contributed by atoms with E-state index in [1.54, 1.807) is 0 Å². The minimum Gasteiger partial charge on any atom is -0.343 e. The fraction of sp³-hybridized carbons (Fsp3) is 0.409. The second-order valence-corrected chi connectivity index (χ2v) is 6.90. The normalized spacial score (nSPS) is 16.6. The van der Waals surface area contributed by atoms with Crippen molar-refractivity contribution in [3.8, 4) is 0 Å². The highest BCUT2D eigenvalue weighted by Gasteiger charge is 2.38. The van der Waals surface area contributed by atoms with Crippen molar-refractivity contribution in [3.63, 3.8) is 0 Å². The Morgan fingerprint density at radius 3 is 1.96 bits per heavy atom. The van der Waals surface area contributed by atoms with E-state index in [9.17, 15) is 4.79 Å². The molecule has 0 aromatic heterocycles. The summed E-state index contributed by atoms with van der Waals surface area (Å²) in [5, 5.41) is 3.11. The molecular weight excluding hydrogens is 308 g/mol. The van der Waals surface area contributed by atoms with Gasteiger partial charge in [-0.05, 0) is 44.0 Å². The third kappa shape index (κ3) is 3.93. The Kier molecular flexibility index (Phi) is 5.87. The van der Waals surface area contributed by atoms with Crippen LogP contribution >= 0.6 is 0 Å². The number of hydrogen-bond acceptors (Lipinski definition) is 2. The fourth-order valence-corrected chi connectivity index (χ4v) is 3.97. The van der Waals surface area contributed by atoms with Crippen LogP contribution < -0.4 is 5.32 Å². The van der Waals surface area contributed by atoms with Gasteiger partial charge in [-0.15, -0.1) is 0 Å². The van der Waals surface area contributed by atoms with Crippen LogP contribution in [0.1, 0.15) is 36.8 Å². The van der Waals surface area contributed by atoms with Gasteiger partial charge in [-0.25, -0.2) is 0 Å². The molecule has 0 saturated carbocycles. The van der Waals surface area contributed by atoms with Crippen LogP contribution in [0.4, 0.5) is 0 Å². The first-order valence-electron chi connectivity index (χ1n) is 9.30. The summed E-state index contributed by atoms with van der Waals surface area (Å²) in [6, 6.07) is 21.6. The third-order valence-electron chi connectivity index (χ3n) is 5.44. The van der Waals surface area contributed by atoms with Gasteiger partial charge in [0.25, 0.3) is 0 Å². The zero-order chi connectivity index (χ0) is 17.5. The molecule has 132 valence electrons. The first kappa shape index (κ1) is 17.7. The SMILES string of the molecule is CNCCCC(=O)N1CCC(c2ccccc2)(c2ccccc2)CC1. The molecule has 0 atom stereocenters. The number of rotatable bonds is 6. The number of amides is 1. The molecule has 0 unspecified atom stereocenters. The molecule has 1 N–H and O–H groups in total. The van der Waals surface area contributed by atoms with E-state index >= 15 is 0 Å². The first-order chi connectivity index (χ1) is 12.3. The van der Waals surface area contributed by atoms with E-state index in [0.29, 0.717) is 12.3 Å². The maximum atomic E-state index is 12.5. The molecule has 3 nitrogen and oxygen atoms in total. The Labute approximate surface area is 151 Å². The minimum absolute atomic E-state index is 0.0181. The zero-order valence-electron chi connectivity index (χ0n) is 15.1. The summed E-state index contributed by atoms with van der Waals surface area (Å²) >= 11 is 0. The molecule has 3 rings (SSSR count). The summed E-state index contributed by atoms with van der Waals surface area (Å²) in [4.78, 5) is 14.5. The van der Waals surface area contributed by atoms with Crippen LogP contribution in [-0.4, -0.2) is 37.5 Å². The highest BCUT2D eigenvalue weighted by Crippen LogP contribution is 2.41. The topological polar surface area (TPSA) is 32.3 Å². The van der Waals surface area contributed by atoms with Crippen LogP contribution in [-0.2, 0) is 10.2 Å². The van der Waals surface area contributed by atoms with Crippen LogP contribution in [0, 0.1) is 0 Å². The number of carbonyl (C=O) groups is 1. The lowest BCUT2D eigenvalue weighted by molar-refractivity contribution is -0.132. The molecule has 1 fully saturated rings. The van der Waals surface area contributed by atoms with E-state index in [-0.39, 0.29) is 5.41 Å². The molecule has 1 amide bonds. The summed E-state index contributed by atoms with van der Waals surface area (Å²) in [5.41, 5.74) is 2.75. The summed E-state index contributed by atoms with van der Waals surface area (Å²) in [5.74, 6) is 0.296. The Morgan fingerprint density at radius 2 is 1.48 bits per heavy atom. The summed E-state index contributed by atoms with van der Waals surface area (Å²) < 4.78 is 0. The number of nitrogens with zero attached hydrogens (tertiary/aromatic N) is 1. The van der Waals surface area contributed by atoms with Crippen molar-refractivity contribution in [2.24, 2.45) is 0 Å². The van der Waals surface area contributed by atoms with Crippen LogP contribution in [0.5, 0.6) is 0 Å². The Morgan fingerprint density at radius 1 is 0.960 bits per heavy atom. The van der Waals surface area contributed by atoms with Gasteiger partial charge in [0, 0.05) is 24.9 Å². The molecule has 2 aromatic rings. The van der Waals surface area contributed by atoms with Crippen LogP contribution in [0.3, 0.4) is 0 Å². The van der Waals surface area contributed by atoms with Gasteiger partial charge >= 0.3 is 0 Å². The summed E-state index contributed by atoms with van der Waals surface area (Å²) in [6.07, 6.45) is 3.52. The van der Waals surface area contributed by atoms with Crippen molar-refractivity contribution >= 4 is 5.91 Å². The van der Waals surface area contributed by atoms with Gasteiger partial charge in [-0.3, -0.25) is 4.79 Å². The smallest absolute Gasteiger partial charge is 0.222 e. The van der Waals surface area contributed by atoms with Gasteiger partial charge in [-0.2, -0.15) is 0 Å². The van der Waals surface area contributed by atoms with Crippen molar-refractivity contribution in [3.05, 3.63) is 71.8 Å². The quantitative estimate of drug-likeness (QED) is 0.818. The molecule has 0 bridgehead atoms. The molecule has 2 aromatic carbocycles. The number of likely N-dealkylation sites (tertiary alicyclic amines) is 1. The number of hydrogen-bond donors (Lipinski definition) is 1. The molecule has 1 heterocycles. The van der Waals surface area contributed by atoms with Gasteiger partial charge in [0.15, 0.2) is 0 Å². The van der Waals surface area contributed by atoms with Crippen molar-refractivity contribution in [2.45, 2.75) is 31.1 Å². The molecule has 1 saturated heterocycles. The fourth-order valence-electron chi connectivity index (χ4n) is 3.97. The minimum atomic E-state index is 0.0181. The van der Waals surface area contributed by atoms with E-state index in [2.05, 4.69) is 70.9 Å². The average Bonchev–Trinajstić information content (AvgIpc) is 2.69. The molecule has 0 aliphatic carbocycles. The predicted octanol–water partition coefficient (Wildman–Crippen LogP) is 3.59. The molecule has 0 radical (unpaired) electrons. The van der Waals surface area contributed by atoms with E-state index in [1.165, 1.54) is 11.1 Å². The molecule has 1 aliphatic rings. The Bertz CT molecular complexity index is 619. The standard InChI is InChI=1S/C22H28N2O/c1-23-16-8-13-21(25)24-17-14-22(15-18-24,19-9-4-2-5-10-19)20-11-6-3-7-12-20/h2-7,9-12,23H,8,13-18H2,1H3. The largest absolute Gasteiger partial charge is 0.343 e. The maximum Gasteiger partial charge on any atom is 0.222 e. The van der Waals surface area contributed by atoms with Gasteiger partial charge < -0.3 is 10.2 Å². The van der Waals surface area contributed by atoms with Crippen molar-refractivity contribution < 1.29 is 4.79 Å². The van der Waals surface area contributed by atoms with Crippen molar-refractivity contribution in [2.75, 3.05) is 26.7 Å². The molecule has 3 heteroatoms. The van der Waals surface area contributed by atoms with Gasteiger partial charge in [0.05, 0.1) is 0 Å². The van der Waals surface area contributed by atoms with Crippen LogP contribution in [0.2, 0.25) is 0 Å². The molecular formula is C22H28N2O. The van der Waals surface area contributed by atoms with Crippen molar-refractivity contribution in [1.82, 2.24) is 10.2 Å². The third-order valence-corrected chi connectivity index (χ3v) is 5.44. The van der Waals surface area contributed by atoms with E-state index in [1.807, 2.05) is 7.05 Å². The number of nitrogens with one attached hydrogen (secondary N) is 1. The summed E-state index contributed by atoms with van der Waals surface area (Å²) in [7, 11) is 1.93. The van der Waals surface area contributed by atoms with Crippen LogP contribution in [0.15, 0.2) is 60.7 Å². The van der Waals surface area contributed by atoms with Crippen molar-refractivity contribution in [1.29, 1.82) is 0 Å². The second kappa shape index (κ2) is 8.30. The second-order valence-electron chi connectivity index (χ2n) is 6.90.